The third kappa shape index (κ3) is 4.68. The number of fused-ring (bicyclic) bond motifs is 1. The van der Waals surface area contributed by atoms with Gasteiger partial charge in [-0.05, 0) is 42.0 Å². The molecule has 1 aromatic heterocycles. The van der Waals surface area contributed by atoms with Crippen LogP contribution in [0.25, 0.3) is 22.2 Å². The Hall–Kier alpha value is -2.38. The first-order valence-corrected chi connectivity index (χ1v) is 10.6. The van der Waals surface area contributed by atoms with Gasteiger partial charge >= 0.3 is 0 Å². The zero-order valence-electron chi connectivity index (χ0n) is 17.6. The Balaban J connectivity index is 1.51. The van der Waals surface area contributed by atoms with Gasteiger partial charge in [0.15, 0.2) is 0 Å². The zero-order valence-corrected chi connectivity index (χ0v) is 17.6. The molecule has 0 amide bonds. The van der Waals surface area contributed by atoms with E-state index in [9.17, 15) is 5.11 Å². The number of para-hydroxylation sites is 1. The number of ether oxygens (including phenoxy) is 1. The fourth-order valence-electron chi connectivity index (χ4n) is 4.31. The minimum absolute atomic E-state index is 0.206. The maximum Gasteiger partial charge on any atom is 0.118 e. The maximum absolute atomic E-state index is 10.9. The Kier molecular flexibility index (Phi) is 6.69. The molecule has 3 aromatic rings. The highest BCUT2D eigenvalue weighted by molar-refractivity contribution is 5.87. The van der Waals surface area contributed by atoms with Crippen LogP contribution >= 0.6 is 0 Å². The van der Waals surface area contributed by atoms with Crippen molar-refractivity contribution in [1.82, 2.24) is 14.4 Å². The van der Waals surface area contributed by atoms with E-state index in [1.54, 1.807) is 7.11 Å². The minimum atomic E-state index is -0.456. The molecule has 1 saturated heterocycles. The van der Waals surface area contributed by atoms with Crippen LogP contribution in [0.1, 0.15) is 0 Å². The molecule has 0 aliphatic carbocycles. The minimum Gasteiger partial charge on any atom is -0.497 e. The second kappa shape index (κ2) is 9.62. The van der Waals surface area contributed by atoms with Gasteiger partial charge in [-0.25, -0.2) is 0 Å². The summed E-state index contributed by atoms with van der Waals surface area (Å²) < 4.78 is 7.52. The molecule has 2 heterocycles. The van der Waals surface area contributed by atoms with Crippen LogP contribution in [-0.4, -0.2) is 83.7 Å². The molecule has 2 N–H and O–H groups in total. The highest BCUT2D eigenvalue weighted by Crippen LogP contribution is 2.30. The van der Waals surface area contributed by atoms with Gasteiger partial charge in [0.25, 0.3) is 0 Å². The predicted octanol–water partition coefficient (Wildman–Crippen LogP) is 2.29. The van der Waals surface area contributed by atoms with Gasteiger partial charge in [0.1, 0.15) is 5.75 Å². The quantitative estimate of drug-likeness (QED) is 0.598. The van der Waals surface area contributed by atoms with E-state index in [0.717, 1.165) is 55.2 Å². The highest BCUT2D eigenvalue weighted by Gasteiger charge is 2.20. The van der Waals surface area contributed by atoms with E-state index in [0.29, 0.717) is 13.1 Å². The standard InChI is InChI=1S/C24H31N3O3/c1-30-22-8-6-19(7-9-22)24-16-20-4-2-3-5-23(20)27(24)18-21(29)17-26-12-10-25(11-13-26)14-15-28/h2-9,16,21,28-29H,10-15,17-18H2,1H3/t21-/m0/s1. The number of hydrogen-bond donors (Lipinski definition) is 2. The number of nitrogens with zero attached hydrogens (tertiary/aromatic N) is 3. The molecule has 0 saturated carbocycles. The lowest BCUT2D eigenvalue weighted by atomic mass is 10.1. The molecule has 1 fully saturated rings. The normalized spacial score (nSPS) is 16.8. The van der Waals surface area contributed by atoms with Crippen molar-refractivity contribution in [2.45, 2.75) is 12.6 Å². The summed E-state index contributed by atoms with van der Waals surface area (Å²) in [7, 11) is 1.67. The lowest BCUT2D eigenvalue weighted by Crippen LogP contribution is -2.49. The van der Waals surface area contributed by atoms with Gasteiger partial charge in [0, 0.05) is 55.9 Å². The van der Waals surface area contributed by atoms with E-state index in [4.69, 9.17) is 9.84 Å². The maximum atomic E-state index is 10.9. The summed E-state index contributed by atoms with van der Waals surface area (Å²) in [6, 6.07) is 18.6. The third-order valence-corrected chi connectivity index (χ3v) is 5.94. The molecule has 30 heavy (non-hydrogen) atoms. The van der Waals surface area contributed by atoms with E-state index < -0.39 is 6.10 Å². The van der Waals surface area contributed by atoms with Crippen molar-refractivity contribution in [2.75, 3.05) is 53.0 Å². The number of piperazine rings is 1. The number of methoxy groups -OCH3 is 1. The van der Waals surface area contributed by atoms with E-state index in [1.807, 2.05) is 24.3 Å². The van der Waals surface area contributed by atoms with Gasteiger partial charge in [-0.15, -0.1) is 0 Å². The Morgan fingerprint density at radius 3 is 2.33 bits per heavy atom. The Morgan fingerprint density at radius 2 is 1.63 bits per heavy atom. The van der Waals surface area contributed by atoms with Gasteiger partial charge < -0.3 is 19.5 Å². The van der Waals surface area contributed by atoms with Crippen molar-refractivity contribution in [3.63, 3.8) is 0 Å². The van der Waals surface area contributed by atoms with E-state index in [2.05, 4.69) is 44.7 Å². The predicted molar refractivity (Wildman–Crippen MR) is 120 cm³/mol. The van der Waals surface area contributed by atoms with Crippen molar-refractivity contribution in [3.8, 4) is 17.0 Å². The first-order valence-electron chi connectivity index (χ1n) is 10.6. The lowest BCUT2D eigenvalue weighted by Gasteiger charge is -2.35. The average molecular weight is 410 g/mol. The highest BCUT2D eigenvalue weighted by atomic mass is 16.5. The molecule has 6 heteroatoms. The van der Waals surface area contributed by atoms with Crippen LogP contribution in [0.4, 0.5) is 0 Å². The molecular formula is C24H31N3O3. The summed E-state index contributed by atoms with van der Waals surface area (Å²) in [5.74, 6) is 0.835. The van der Waals surface area contributed by atoms with E-state index >= 15 is 0 Å². The van der Waals surface area contributed by atoms with Crippen LogP contribution in [0.5, 0.6) is 5.75 Å². The third-order valence-electron chi connectivity index (χ3n) is 5.94. The van der Waals surface area contributed by atoms with Gasteiger partial charge in [0.2, 0.25) is 0 Å². The Labute approximate surface area is 177 Å². The van der Waals surface area contributed by atoms with Crippen LogP contribution in [0, 0.1) is 0 Å². The molecule has 6 nitrogen and oxygen atoms in total. The topological polar surface area (TPSA) is 61.1 Å². The molecule has 1 aliphatic heterocycles. The molecule has 0 unspecified atom stereocenters. The fourth-order valence-corrected chi connectivity index (χ4v) is 4.31. The second-order valence-corrected chi connectivity index (χ2v) is 7.95. The number of aliphatic hydroxyl groups is 2. The summed E-state index contributed by atoms with van der Waals surface area (Å²) in [5.41, 5.74) is 3.35. The summed E-state index contributed by atoms with van der Waals surface area (Å²) in [5, 5.41) is 21.2. The van der Waals surface area contributed by atoms with Gasteiger partial charge in [0.05, 0.1) is 26.4 Å². The average Bonchev–Trinajstić information content (AvgIpc) is 3.14. The summed E-state index contributed by atoms with van der Waals surface area (Å²) in [6.45, 7) is 5.87. The smallest absolute Gasteiger partial charge is 0.118 e. The molecule has 0 radical (unpaired) electrons. The summed E-state index contributed by atoms with van der Waals surface area (Å²) >= 11 is 0. The van der Waals surface area contributed by atoms with Crippen molar-refractivity contribution in [3.05, 3.63) is 54.6 Å². The number of benzene rings is 2. The van der Waals surface area contributed by atoms with Crippen LogP contribution in [0.2, 0.25) is 0 Å². The van der Waals surface area contributed by atoms with Crippen molar-refractivity contribution in [2.24, 2.45) is 0 Å². The van der Waals surface area contributed by atoms with Crippen LogP contribution in [0.15, 0.2) is 54.6 Å². The van der Waals surface area contributed by atoms with Crippen molar-refractivity contribution in [1.29, 1.82) is 0 Å². The number of β-amino-alcohol motifs (C(OH)–C–C–N with tert-alkyl or cyclic N) is 2. The van der Waals surface area contributed by atoms with E-state index in [-0.39, 0.29) is 6.61 Å². The van der Waals surface area contributed by atoms with Gasteiger partial charge in [-0.2, -0.15) is 0 Å². The monoisotopic (exact) mass is 409 g/mol. The Morgan fingerprint density at radius 1 is 0.933 bits per heavy atom. The largest absolute Gasteiger partial charge is 0.497 e. The lowest BCUT2D eigenvalue weighted by molar-refractivity contribution is 0.0598. The first-order chi connectivity index (χ1) is 14.7. The van der Waals surface area contributed by atoms with Crippen molar-refractivity contribution >= 4 is 10.9 Å². The molecule has 160 valence electrons. The van der Waals surface area contributed by atoms with Gasteiger partial charge in [-0.3, -0.25) is 9.80 Å². The molecule has 1 aliphatic rings. The number of rotatable bonds is 8. The van der Waals surface area contributed by atoms with E-state index in [1.165, 1.54) is 5.39 Å². The zero-order chi connectivity index (χ0) is 20.9. The molecule has 0 spiro atoms. The SMILES string of the molecule is COc1ccc(-c2cc3ccccc3n2C[C@@H](O)CN2CCN(CCO)CC2)cc1. The number of hydrogen-bond acceptors (Lipinski definition) is 5. The van der Waals surface area contributed by atoms with Crippen molar-refractivity contribution < 1.29 is 14.9 Å². The Bertz CT molecular complexity index is 946. The summed E-state index contributed by atoms with van der Waals surface area (Å²) in [6.07, 6.45) is -0.456. The molecule has 1 atom stereocenters. The first kappa shape index (κ1) is 20.9. The van der Waals surface area contributed by atoms with Crippen LogP contribution in [0.3, 0.4) is 0 Å². The molecular weight excluding hydrogens is 378 g/mol. The van der Waals surface area contributed by atoms with Crippen LogP contribution < -0.4 is 4.74 Å². The molecule has 2 aromatic carbocycles. The second-order valence-electron chi connectivity index (χ2n) is 7.95. The van der Waals surface area contributed by atoms with Gasteiger partial charge in [-0.1, -0.05) is 18.2 Å². The number of aliphatic hydroxyl groups excluding tert-OH is 2. The molecule has 4 rings (SSSR count). The van der Waals surface area contributed by atoms with Crippen LogP contribution in [-0.2, 0) is 6.54 Å². The summed E-state index contributed by atoms with van der Waals surface area (Å²) in [4.78, 5) is 4.58. The fraction of sp³-hybridized carbons (Fsp3) is 0.417. The number of aromatic nitrogens is 1. The molecule has 0 bridgehead atoms.